The minimum Gasteiger partial charge on any atom is -0.506 e. The molecular formula is C22H21N3O2. The van der Waals surface area contributed by atoms with E-state index in [0.29, 0.717) is 10.9 Å². The Balaban J connectivity index is 1.48. The quantitative estimate of drug-likeness (QED) is 0.592. The van der Waals surface area contributed by atoms with E-state index in [1.165, 1.54) is 5.56 Å². The fourth-order valence-corrected chi connectivity index (χ4v) is 3.69. The summed E-state index contributed by atoms with van der Waals surface area (Å²) >= 11 is 0. The average Bonchev–Trinajstić information content (AvgIpc) is 3.08. The monoisotopic (exact) mass is 359 g/mol. The maximum absolute atomic E-state index is 10.1. The van der Waals surface area contributed by atoms with E-state index in [1.54, 1.807) is 12.4 Å². The number of benzene rings is 2. The molecule has 0 unspecified atom stereocenters. The number of aryl methyl sites for hydroxylation is 1. The van der Waals surface area contributed by atoms with Gasteiger partial charge >= 0.3 is 0 Å². The van der Waals surface area contributed by atoms with E-state index in [9.17, 15) is 5.11 Å². The summed E-state index contributed by atoms with van der Waals surface area (Å²) in [6, 6.07) is 15.8. The first-order valence-electron chi connectivity index (χ1n) is 9.24. The molecule has 5 rings (SSSR count). The van der Waals surface area contributed by atoms with E-state index in [4.69, 9.17) is 4.74 Å². The van der Waals surface area contributed by atoms with Gasteiger partial charge in [0, 0.05) is 10.8 Å². The number of rotatable bonds is 4. The average molecular weight is 359 g/mol. The highest BCUT2D eigenvalue weighted by Gasteiger charge is 2.32. The van der Waals surface area contributed by atoms with Crippen molar-refractivity contribution in [2.75, 3.05) is 13.2 Å². The Kier molecular flexibility index (Phi) is 3.65. The first kappa shape index (κ1) is 16.3. The van der Waals surface area contributed by atoms with Gasteiger partial charge in [-0.15, -0.1) is 0 Å². The highest BCUT2D eigenvalue weighted by molar-refractivity contribution is 5.85. The van der Waals surface area contributed by atoms with Crippen LogP contribution in [0, 0.1) is 5.41 Å². The van der Waals surface area contributed by atoms with Crippen LogP contribution in [0.5, 0.6) is 5.75 Å². The van der Waals surface area contributed by atoms with Crippen LogP contribution in [0.4, 0.5) is 0 Å². The summed E-state index contributed by atoms with van der Waals surface area (Å²) in [5, 5.41) is 11.0. The van der Waals surface area contributed by atoms with Crippen molar-refractivity contribution >= 4 is 21.9 Å². The molecule has 0 bridgehead atoms. The molecule has 0 atom stereocenters. The number of phenolic OH excluding ortho intramolecular Hbond substituents is 1. The van der Waals surface area contributed by atoms with Gasteiger partial charge in [-0.25, -0.2) is 9.97 Å². The number of para-hydroxylation sites is 1. The molecule has 0 amide bonds. The zero-order valence-electron chi connectivity index (χ0n) is 15.2. The number of ether oxygens (including phenoxy) is 1. The smallest absolute Gasteiger partial charge is 0.141 e. The molecule has 1 aliphatic rings. The van der Waals surface area contributed by atoms with E-state index >= 15 is 0 Å². The van der Waals surface area contributed by atoms with Crippen molar-refractivity contribution in [1.82, 2.24) is 14.5 Å². The molecule has 3 heterocycles. The lowest BCUT2D eigenvalue weighted by atomic mass is 9.82. The highest BCUT2D eigenvalue weighted by Crippen LogP contribution is 2.32. The normalized spacial score (nSPS) is 15.9. The Hall–Kier alpha value is -2.92. The van der Waals surface area contributed by atoms with Crippen LogP contribution < -0.4 is 0 Å². The van der Waals surface area contributed by atoms with Crippen molar-refractivity contribution in [2.45, 2.75) is 19.8 Å². The third kappa shape index (κ3) is 2.84. The molecule has 1 aliphatic heterocycles. The minimum atomic E-state index is 0.189. The number of nitrogens with zero attached hydrogens (tertiary/aromatic N) is 3. The highest BCUT2D eigenvalue weighted by atomic mass is 16.5. The van der Waals surface area contributed by atoms with Crippen LogP contribution in [0.3, 0.4) is 0 Å². The van der Waals surface area contributed by atoms with Crippen LogP contribution >= 0.6 is 0 Å². The molecule has 4 aromatic rings. The summed E-state index contributed by atoms with van der Waals surface area (Å²) < 4.78 is 7.31. The van der Waals surface area contributed by atoms with Crippen molar-refractivity contribution in [3.8, 4) is 11.6 Å². The van der Waals surface area contributed by atoms with Crippen molar-refractivity contribution in [2.24, 2.45) is 5.41 Å². The second kappa shape index (κ2) is 6.06. The van der Waals surface area contributed by atoms with Gasteiger partial charge in [0.2, 0.25) is 0 Å². The minimum absolute atomic E-state index is 0.189. The number of aromatic hydroxyl groups is 1. The predicted molar refractivity (Wildman–Crippen MR) is 105 cm³/mol. The summed E-state index contributed by atoms with van der Waals surface area (Å²) in [4.78, 5) is 9.21. The fourth-order valence-electron chi connectivity index (χ4n) is 3.69. The molecule has 2 aromatic carbocycles. The molecule has 136 valence electrons. The molecule has 5 nitrogen and oxygen atoms in total. The van der Waals surface area contributed by atoms with Crippen molar-refractivity contribution in [3.05, 3.63) is 60.4 Å². The third-order valence-electron chi connectivity index (χ3n) is 5.46. The summed E-state index contributed by atoms with van der Waals surface area (Å²) in [7, 11) is 0. The zero-order chi connectivity index (χ0) is 18.4. The Labute approximate surface area is 157 Å². The van der Waals surface area contributed by atoms with Crippen molar-refractivity contribution in [1.29, 1.82) is 0 Å². The first-order valence-corrected chi connectivity index (χ1v) is 9.24. The predicted octanol–water partition coefficient (Wildman–Crippen LogP) is 4.25. The third-order valence-corrected chi connectivity index (χ3v) is 5.46. The SMILES string of the molecule is CC1(CCc2ccc3c(c2)ncn3-c2ccc3cccc(O)c3n2)COC1. The van der Waals surface area contributed by atoms with Gasteiger partial charge in [0.25, 0.3) is 0 Å². The van der Waals surface area contributed by atoms with Crippen LogP contribution in [-0.2, 0) is 11.2 Å². The summed E-state index contributed by atoms with van der Waals surface area (Å²) in [6.07, 6.45) is 3.96. The molecule has 1 saturated heterocycles. The van der Waals surface area contributed by atoms with Gasteiger partial charge in [0.15, 0.2) is 0 Å². The van der Waals surface area contributed by atoms with Gasteiger partial charge < -0.3 is 9.84 Å². The largest absolute Gasteiger partial charge is 0.506 e. The Morgan fingerprint density at radius 1 is 1.15 bits per heavy atom. The van der Waals surface area contributed by atoms with E-state index in [-0.39, 0.29) is 5.75 Å². The molecule has 0 radical (unpaired) electrons. The van der Waals surface area contributed by atoms with Crippen LogP contribution in [0.2, 0.25) is 0 Å². The second-order valence-electron chi connectivity index (χ2n) is 7.76. The molecule has 1 N–H and O–H groups in total. The topological polar surface area (TPSA) is 60.2 Å². The van der Waals surface area contributed by atoms with Crippen LogP contribution in [-0.4, -0.2) is 32.9 Å². The van der Waals surface area contributed by atoms with Gasteiger partial charge in [-0.2, -0.15) is 0 Å². The summed E-state index contributed by atoms with van der Waals surface area (Å²) in [5.74, 6) is 0.938. The van der Waals surface area contributed by atoms with Gasteiger partial charge in [-0.05, 0) is 48.7 Å². The Morgan fingerprint density at radius 2 is 2.04 bits per heavy atom. The lowest BCUT2D eigenvalue weighted by molar-refractivity contribution is -0.105. The molecule has 0 saturated carbocycles. The molecule has 2 aromatic heterocycles. The van der Waals surface area contributed by atoms with Crippen molar-refractivity contribution in [3.63, 3.8) is 0 Å². The maximum atomic E-state index is 10.1. The van der Waals surface area contributed by atoms with E-state index in [2.05, 4.69) is 35.1 Å². The molecule has 0 spiro atoms. The lowest BCUT2D eigenvalue weighted by Crippen LogP contribution is -2.39. The van der Waals surface area contributed by atoms with Gasteiger partial charge in [-0.3, -0.25) is 4.57 Å². The Bertz CT molecular complexity index is 1140. The number of imidazole rings is 1. The molecule has 1 fully saturated rings. The number of pyridine rings is 1. The van der Waals surface area contributed by atoms with Crippen LogP contribution in [0.25, 0.3) is 27.8 Å². The van der Waals surface area contributed by atoms with E-state index in [0.717, 1.165) is 48.3 Å². The number of aromatic nitrogens is 3. The lowest BCUT2D eigenvalue weighted by Gasteiger charge is -2.38. The number of phenols is 1. The fraction of sp³-hybridized carbons (Fsp3) is 0.273. The van der Waals surface area contributed by atoms with Gasteiger partial charge in [0.05, 0.1) is 24.2 Å². The number of fused-ring (bicyclic) bond motifs is 2. The second-order valence-corrected chi connectivity index (χ2v) is 7.76. The molecule has 0 aliphatic carbocycles. The maximum Gasteiger partial charge on any atom is 0.141 e. The van der Waals surface area contributed by atoms with Crippen LogP contribution in [0.1, 0.15) is 18.9 Å². The summed E-state index contributed by atoms with van der Waals surface area (Å²) in [5.41, 5.74) is 4.20. The number of hydrogen-bond donors (Lipinski definition) is 1. The zero-order valence-corrected chi connectivity index (χ0v) is 15.2. The standard InChI is InChI=1S/C22H21N3O2/c1-22(12-27-13-22)10-9-15-5-7-18-17(11-15)23-14-25(18)20-8-6-16-3-2-4-19(26)21(16)24-20/h2-8,11,14,26H,9-10,12-13H2,1H3. The molecule has 5 heteroatoms. The number of hydrogen-bond acceptors (Lipinski definition) is 4. The van der Waals surface area contributed by atoms with Gasteiger partial charge in [-0.1, -0.05) is 25.1 Å². The van der Waals surface area contributed by atoms with E-state index < -0.39 is 0 Å². The molecule has 27 heavy (non-hydrogen) atoms. The van der Waals surface area contributed by atoms with Gasteiger partial charge in [0.1, 0.15) is 23.4 Å². The van der Waals surface area contributed by atoms with E-state index in [1.807, 2.05) is 28.8 Å². The van der Waals surface area contributed by atoms with Crippen LogP contribution in [0.15, 0.2) is 54.9 Å². The van der Waals surface area contributed by atoms with Crippen molar-refractivity contribution < 1.29 is 9.84 Å². The first-order chi connectivity index (χ1) is 13.1. The summed E-state index contributed by atoms with van der Waals surface area (Å²) in [6.45, 7) is 4.01. The Morgan fingerprint density at radius 3 is 2.85 bits per heavy atom. The molecular weight excluding hydrogens is 338 g/mol.